The van der Waals surface area contributed by atoms with Crippen LogP contribution in [0.25, 0.3) is 11.0 Å². The molecule has 0 aliphatic heterocycles. The van der Waals surface area contributed by atoms with Crippen molar-refractivity contribution in [3.05, 3.63) is 23.9 Å². The lowest BCUT2D eigenvalue weighted by atomic mass is 10.2. The Bertz CT molecular complexity index is 463. The predicted octanol–water partition coefficient (Wildman–Crippen LogP) is 1.35. The Morgan fingerprint density at radius 1 is 1.15 bits per heavy atom. The molecule has 4 heteroatoms. The molecule has 0 spiro atoms. The van der Waals surface area contributed by atoms with Crippen molar-refractivity contribution in [2.24, 2.45) is 0 Å². The third-order valence-corrected chi connectivity index (χ3v) is 1.78. The molecular formula is C9H8N2O2. The van der Waals surface area contributed by atoms with Gasteiger partial charge in [0.25, 0.3) is 0 Å². The van der Waals surface area contributed by atoms with E-state index in [0.717, 1.165) is 5.69 Å². The van der Waals surface area contributed by atoms with Crippen LogP contribution in [0.5, 0.6) is 11.6 Å². The Kier molecular flexibility index (Phi) is 1.55. The number of hydrogen-bond acceptors (Lipinski definition) is 4. The molecule has 0 atom stereocenters. The summed E-state index contributed by atoms with van der Waals surface area (Å²) in [6.45, 7) is 1.82. The largest absolute Gasteiger partial charge is 0.507 e. The normalized spacial score (nSPS) is 10.5. The van der Waals surface area contributed by atoms with Crippen LogP contribution in [-0.4, -0.2) is 20.2 Å². The van der Waals surface area contributed by atoms with Crippen molar-refractivity contribution in [2.75, 3.05) is 0 Å². The molecule has 4 nitrogen and oxygen atoms in total. The quantitative estimate of drug-likeness (QED) is 0.635. The number of aromatic nitrogens is 2. The minimum Gasteiger partial charge on any atom is -0.507 e. The molecule has 66 valence electrons. The van der Waals surface area contributed by atoms with Crippen LogP contribution in [0.1, 0.15) is 5.69 Å². The molecule has 2 heterocycles. The summed E-state index contributed by atoms with van der Waals surface area (Å²) in [7, 11) is 0. The number of nitrogens with zero attached hydrogens (tertiary/aromatic N) is 2. The highest BCUT2D eigenvalue weighted by Crippen LogP contribution is 2.25. The van der Waals surface area contributed by atoms with Crippen molar-refractivity contribution in [3.63, 3.8) is 0 Å². The summed E-state index contributed by atoms with van der Waals surface area (Å²) >= 11 is 0. The summed E-state index contributed by atoms with van der Waals surface area (Å²) in [5.41, 5.74) is 1.16. The topological polar surface area (TPSA) is 66.2 Å². The van der Waals surface area contributed by atoms with Crippen LogP contribution in [0.2, 0.25) is 0 Å². The lowest BCUT2D eigenvalue weighted by Crippen LogP contribution is -1.87. The highest BCUT2D eigenvalue weighted by molar-refractivity contribution is 5.82. The molecule has 0 saturated carbocycles. The molecule has 0 aliphatic carbocycles. The van der Waals surface area contributed by atoms with Gasteiger partial charge in [-0.2, -0.15) is 4.98 Å². The van der Waals surface area contributed by atoms with Gasteiger partial charge < -0.3 is 10.2 Å². The van der Waals surface area contributed by atoms with Crippen LogP contribution in [0.15, 0.2) is 18.2 Å². The molecule has 2 aromatic heterocycles. The van der Waals surface area contributed by atoms with Crippen LogP contribution in [0, 0.1) is 6.92 Å². The van der Waals surface area contributed by atoms with Gasteiger partial charge in [-0.1, -0.05) is 0 Å². The standard InChI is InChI=1S/C9H8N2O2/c1-5-2-3-6-7(12)4-8(13)11-9(6)10-5/h2-4H,1H3,(H2,10,11,12,13). The maximum absolute atomic E-state index is 9.40. The van der Waals surface area contributed by atoms with E-state index in [9.17, 15) is 5.11 Å². The zero-order valence-corrected chi connectivity index (χ0v) is 7.02. The smallest absolute Gasteiger partial charge is 0.216 e. The molecule has 0 bridgehead atoms. The van der Waals surface area contributed by atoms with E-state index in [4.69, 9.17) is 5.11 Å². The Morgan fingerprint density at radius 3 is 2.69 bits per heavy atom. The lowest BCUT2D eigenvalue weighted by molar-refractivity contribution is 0.440. The molecule has 2 rings (SSSR count). The van der Waals surface area contributed by atoms with Crippen LogP contribution in [0.4, 0.5) is 0 Å². The Hall–Kier alpha value is -1.84. The first-order chi connectivity index (χ1) is 6.16. The van der Waals surface area contributed by atoms with Gasteiger partial charge in [-0.25, -0.2) is 4.98 Å². The molecule has 0 saturated heterocycles. The number of aryl methyl sites for hydroxylation is 1. The fourth-order valence-corrected chi connectivity index (χ4v) is 1.17. The van der Waals surface area contributed by atoms with Gasteiger partial charge in [-0.3, -0.25) is 0 Å². The van der Waals surface area contributed by atoms with Crippen LogP contribution < -0.4 is 0 Å². The molecular weight excluding hydrogens is 168 g/mol. The average Bonchev–Trinajstić information content (AvgIpc) is 2.02. The maximum atomic E-state index is 9.40. The van der Waals surface area contributed by atoms with Crippen LogP contribution in [-0.2, 0) is 0 Å². The maximum Gasteiger partial charge on any atom is 0.216 e. The van der Waals surface area contributed by atoms with Gasteiger partial charge in [0, 0.05) is 11.8 Å². The molecule has 0 unspecified atom stereocenters. The zero-order valence-electron chi connectivity index (χ0n) is 7.02. The van der Waals surface area contributed by atoms with Gasteiger partial charge >= 0.3 is 0 Å². The summed E-state index contributed by atoms with van der Waals surface area (Å²) < 4.78 is 0. The summed E-state index contributed by atoms with van der Waals surface area (Å²) in [6, 6.07) is 4.69. The minimum atomic E-state index is -0.219. The first-order valence-corrected chi connectivity index (χ1v) is 3.83. The number of rotatable bonds is 0. The third-order valence-electron chi connectivity index (χ3n) is 1.78. The van der Waals surface area contributed by atoms with Gasteiger partial charge in [0.05, 0.1) is 5.39 Å². The molecule has 0 amide bonds. The van der Waals surface area contributed by atoms with E-state index in [1.54, 1.807) is 12.1 Å². The molecule has 13 heavy (non-hydrogen) atoms. The molecule has 2 aromatic rings. The van der Waals surface area contributed by atoms with E-state index in [2.05, 4.69) is 9.97 Å². The van der Waals surface area contributed by atoms with E-state index < -0.39 is 0 Å². The Morgan fingerprint density at radius 2 is 1.92 bits per heavy atom. The zero-order chi connectivity index (χ0) is 9.42. The second-order valence-corrected chi connectivity index (χ2v) is 2.82. The molecule has 0 aromatic carbocycles. The Labute approximate surface area is 74.5 Å². The highest BCUT2D eigenvalue weighted by Gasteiger charge is 2.04. The summed E-state index contributed by atoms with van der Waals surface area (Å²) in [6.07, 6.45) is 0. The van der Waals surface area contributed by atoms with E-state index in [1.807, 2.05) is 6.92 Å². The van der Waals surface area contributed by atoms with Crippen molar-refractivity contribution < 1.29 is 10.2 Å². The monoisotopic (exact) mass is 176 g/mol. The average molecular weight is 176 g/mol. The van der Waals surface area contributed by atoms with Gasteiger partial charge in [-0.05, 0) is 19.1 Å². The second-order valence-electron chi connectivity index (χ2n) is 2.82. The molecule has 0 radical (unpaired) electrons. The van der Waals surface area contributed by atoms with Gasteiger partial charge in [0.2, 0.25) is 5.88 Å². The number of aromatic hydroxyl groups is 2. The first kappa shape index (κ1) is 7.79. The fourth-order valence-electron chi connectivity index (χ4n) is 1.17. The highest BCUT2D eigenvalue weighted by atomic mass is 16.3. The van der Waals surface area contributed by atoms with Crippen molar-refractivity contribution >= 4 is 11.0 Å². The van der Waals surface area contributed by atoms with Gasteiger partial charge in [-0.15, -0.1) is 0 Å². The van der Waals surface area contributed by atoms with Gasteiger partial charge in [0.1, 0.15) is 5.75 Å². The number of hydrogen-bond donors (Lipinski definition) is 2. The first-order valence-electron chi connectivity index (χ1n) is 3.83. The van der Waals surface area contributed by atoms with Crippen molar-refractivity contribution in [1.29, 1.82) is 0 Å². The summed E-state index contributed by atoms with van der Waals surface area (Å²) in [5.74, 6) is -0.224. The van der Waals surface area contributed by atoms with E-state index in [-0.39, 0.29) is 11.6 Å². The SMILES string of the molecule is Cc1ccc2c(O)cc(O)nc2n1. The third kappa shape index (κ3) is 1.26. The van der Waals surface area contributed by atoms with Crippen LogP contribution in [0.3, 0.4) is 0 Å². The molecule has 2 N–H and O–H groups in total. The van der Waals surface area contributed by atoms with E-state index in [1.165, 1.54) is 6.07 Å². The Balaban J connectivity index is 2.86. The minimum absolute atomic E-state index is 0.00463. The molecule has 0 fully saturated rings. The second kappa shape index (κ2) is 2.58. The van der Waals surface area contributed by atoms with E-state index >= 15 is 0 Å². The van der Waals surface area contributed by atoms with Crippen LogP contribution >= 0.6 is 0 Å². The van der Waals surface area contributed by atoms with E-state index in [0.29, 0.717) is 11.0 Å². The predicted molar refractivity (Wildman–Crippen MR) is 47.6 cm³/mol. The van der Waals surface area contributed by atoms with Crippen molar-refractivity contribution in [2.45, 2.75) is 6.92 Å². The van der Waals surface area contributed by atoms with Gasteiger partial charge in [0.15, 0.2) is 5.65 Å². The summed E-state index contributed by atoms with van der Waals surface area (Å²) in [5, 5.41) is 19.0. The number of pyridine rings is 2. The number of fused-ring (bicyclic) bond motifs is 1. The van der Waals surface area contributed by atoms with Crippen molar-refractivity contribution in [3.8, 4) is 11.6 Å². The summed E-state index contributed by atoms with van der Waals surface area (Å²) in [4.78, 5) is 7.85. The lowest BCUT2D eigenvalue weighted by Gasteiger charge is -2.00. The fraction of sp³-hybridized carbons (Fsp3) is 0.111. The molecule has 0 aliphatic rings. The van der Waals surface area contributed by atoms with Crippen molar-refractivity contribution in [1.82, 2.24) is 9.97 Å².